The summed E-state index contributed by atoms with van der Waals surface area (Å²) >= 11 is 0. The third-order valence-electron chi connectivity index (χ3n) is 3.43. The lowest BCUT2D eigenvalue weighted by Crippen LogP contribution is -2.47. The molecule has 1 fully saturated rings. The third-order valence-corrected chi connectivity index (χ3v) is 4.95. The molecule has 2 rings (SSSR count). The Morgan fingerprint density at radius 1 is 1.55 bits per heavy atom. The van der Waals surface area contributed by atoms with Gasteiger partial charge in [-0.15, -0.1) is 0 Å². The predicted octanol–water partition coefficient (Wildman–Crippen LogP) is 0.249. The molecule has 0 amide bonds. The minimum Gasteiger partial charge on any atom is -0.361 e. The van der Waals surface area contributed by atoms with Crippen LogP contribution < -0.4 is 10.0 Å². The molecule has 1 aromatic heterocycles. The Bertz CT molecular complexity index is 527. The van der Waals surface area contributed by atoms with Gasteiger partial charge in [0.1, 0.15) is 5.76 Å². The molecule has 0 bridgehead atoms. The number of nitrogens with one attached hydrogen (secondary N) is 2. The van der Waals surface area contributed by atoms with E-state index in [1.54, 1.807) is 13.0 Å². The number of rotatable bonds is 6. The van der Waals surface area contributed by atoms with Crippen LogP contribution in [0.15, 0.2) is 10.6 Å². The van der Waals surface area contributed by atoms with Crippen LogP contribution in [0.2, 0.25) is 0 Å². The normalized spacial score (nSPS) is 21.2. The van der Waals surface area contributed by atoms with Gasteiger partial charge < -0.3 is 9.84 Å². The zero-order valence-corrected chi connectivity index (χ0v) is 12.7. The third kappa shape index (κ3) is 4.02. The summed E-state index contributed by atoms with van der Waals surface area (Å²) in [6.45, 7) is 3.92. The fourth-order valence-corrected chi connectivity index (χ4v) is 3.75. The second kappa shape index (κ2) is 6.66. The molecule has 2 N–H and O–H groups in total. The zero-order chi connectivity index (χ0) is 14.6. The lowest BCUT2D eigenvalue weighted by atomic mass is 10.00. The van der Waals surface area contributed by atoms with Gasteiger partial charge in [0, 0.05) is 19.2 Å². The number of aromatic nitrogens is 1. The molecule has 1 aliphatic heterocycles. The molecule has 1 saturated heterocycles. The van der Waals surface area contributed by atoms with Gasteiger partial charge in [-0.3, -0.25) is 0 Å². The number of nitrogens with zero attached hydrogens (tertiary/aromatic N) is 2. The summed E-state index contributed by atoms with van der Waals surface area (Å²) < 4.78 is 33.5. The number of piperidine rings is 1. The monoisotopic (exact) mass is 302 g/mol. The van der Waals surface area contributed by atoms with Crippen LogP contribution in [-0.2, 0) is 16.8 Å². The van der Waals surface area contributed by atoms with Gasteiger partial charge in [0.05, 0.1) is 12.2 Å². The lowest BCUT2D eigenvalue weighted by molar-refractivity contribution is 0.260. The zero-order valence-electron chi connectivity index (χ0n) is 11.9. The minimum atomic E-state index is -3.45. The Balaban J connectivity index is 1.92. The van der Waals surface area contributed by atoms with Crippen LogP contribution in [-0.4, -0.2) is 44.6 Å². The maximum absolute atomic E-state index is 12.3. The Kier molecular flexibility index (Phi) is 5.14. The Morgan fingerprint density at radius 2 is 2.35 bits per heavy atom. The van der Waals surface area contributed by atoms with E-state index in [9.17, 15) is 8.42 Å². The molecule has 0 aromatic carbocycles. The van der Waals surface area contributed by atoms with Crippen molar-refractivity contribution in [1.82, 2.24) is 19.5 Å². The van der Waals surface area contributed by atoms with E-state index in [1.165, 1.54) is 4.31 Å². The molecule has 0 radical (unpaired) electrons. The second-order valence-electron chi connectivity index (χ2n) is 5.18. The van der Waals surface area contributed by atoms with Gasteiger partial charge in [0.15, 0.2) is 0 Å². The first-order chi connectivity index (χ1) is 9.51. The summed E-state index contributed by atoms with van der Waals surface area (Å²) in [4.78, 5) is 0. The van der Waals surface area contributed by atoms with Crippen molar-refractivity contribution in [2.45, 2.75) is 26.3 Å². The largest absolute Gasteiger partial charge is 0.361 e. The standard InChI is InChI=1S/C12H22N4O3S/c1-10-6-12(15-19-10)8-14-20(17,18)16-5-3-4-11(9-16)7-13-2/h6,11,13-14H,3-5,7-9H2,1-2H3. The molecule has 1 unspecified atom stereocenters. The topological polar surface area (TPSA) is 87.5 Å². The summed E-state index contributed by atoms with van der Waals surface area (Å²) in [5, 5.41) is 6.88. The van der Waals surface area contributed by atoms with Crippen LogP contribution in [0.25, 0.3) is 0 Å². The van der Waals surface area contributed by atoms with Gasteiger partial charge in [-0.2, -0.15) is 17.4 Å². The van der Waals surface area contributed by atoms with Gasteiger partial charge >= 0.3 is 0 Å². The molecule has 114 valence electrons. The molecule has 1 aromatic rings. The Labute approximate surface area is 119 Å². The van der Waals surface area contributed by atoms with Gasteiger partial charge in [0.25, 0.3) is 10.2 Å². The van der Waals surface area contributed by atoms with Crippen LogP contribution in [0.3, 0.4) is 0 Å². The van der Waals surface area contributed by atoms with E-state index >= 15 is 0 Å². The fraction of sp³-hybridized carbons (Fsp3) is 0.750. The smallest absolute Gasteiger partial charge is 0.279 e. The van der Waals surface area contributed by atoms with Crippen molar-refractivity contribution in [2.75, 3.05) is 26.7 Å². The molecule has 7 nitrogen and oxygen atoms in total. The maximum atomic E-state index is 12.3. The first-order valence-corrected chi connectivity index (χ1v) is 8.27. The molecule has 1 aliphatic rings. The Morgan fingerprint density at radius 3 is 3.00 bits per heavy atom. The van der Waals surface area contributed by atoms with Crippen LogP contribution in [0, 0.1) is 12.8 Å². The molecule has 20 heavy (non-hydrogen) atoms. The van der Waals surface area contributed by atoms with E-state index in [0.717, 1.165) is 19.4 Å². The van der Waals surface area contributed by atoms with Crippen LogP contribution in [0.5, 0.6) is 0 Å². The highest BCUT2D eigenvalue weighted by atomic mass is 32.2. The van der Waals surface area contributed by atoms with Crippen LogP contribution in [0.4, 0.5) is 0 Å². The van der Waals surface area contributed by atoms with E-state index in [4.69, 9.17) is 4.52 Å². The van der Waals surface area contributed by atoms with E-state index in [2.05, 4.69) is 15.2 Å². The van der Waals surface area contributed by atoms with Crippen molar-refractivity contribution < 1.29 is 12.9 Å². The molecule has 2 heterocycles. The van der Waals surface area contributed by atoms with E-state index in [1.807, 2.05) is 7.05 Å². The highest BCUT2D eigenvalue weighted by molar-refractivity contribution is 7.87. The highest BCUT2D eigenvalue weighted by Gasteiger charge is 2.28. The van der Waals surface area contributed by atoms with Crippen LogP contribution >= 0.6 is 0 Å². The summed E-state index contributed by atoms with van der Waals surface area (Å²) in [7, 11) is -1.56. The van der Waals surface area contributed by atoms with Crippen molar-refractivity contribution in [2.24, 2.45) is 5.92 Å². The first kappa shape index (κ1) is 15.4. The van der Waals surface area contributed by atoms with Crippen molar-refractivity contribution in [3.05, 3.63) is 17.5 Å². The fourth-order valence-electron chi connectivity index (χ4n) is 2.46. The minimum absolute atomic E-state index is 0.160. The van der Waals surface area contributed by atoms with E-state index in [-0.39, 0.29) is 6.54 Å². The molecule has 0 spiro atoms. The summed E-state index contributed by atoms with van der Waals surface area (Å²) in [5.41, 5.74) is 0.592. The summed E-state index contributed by atoms with van der Waals surface area (Å²) in [6, 6.07) is 1.72. The number of hydrogen-bond acceptors (Lipinski definition) is 5. The average molecular weight is 302 g/mol. The molecule has 1 atom stereocenters. The lowest BCUT2D eigenvalue weighted by Gasteiger charge is -2.31. The molecule has 0 aliphatic carbocycles. The van der Waals surface area contributed by atoms with Crippen molar-refractivity contribution >= 4 is 10.2 Å². The van der Waals surface area contributed by atoms with Crippen molar-refractivity contribution in [3.8, 4) is 0 Å². The van der Waals surface area contributed by atoms with Crippen molar-refractivity contribution in [1.29, 1.82) is 0 Å². The number of aryl methyl sites for hydroxylation is 1. The molecular weight excluding hydrogens is 280 g/mol. The molecule has 0 saturated carbocycles. The molecule has 8 heteroatoms. The van der Waals surface area contributed by atoms with Gasteiger partial charge in [0.2, 0.25) is 0 Å². The Hall–Kier alpha value is -0.960. The SMILES string of the molecule is CNCC1CCCN(S(=O)(=O)NCc2cc(C)on2)C1. The predicted molar refractivity (Wildman–Crippen MR) is 75.2 cm³/mol. The second-order valence-corrected chi connectivity index (χ2v) is 6.93. The van der Waals surface area contributed by atoms with Gasteiger partial charge in [-0.1, -0.05) is 5.16 Å². The van der Waals surface area contributed by atoms with Crippen LogP contribution in [0.1, 0.15) is 24.3 Å². The number of hydrogen-bond donors (Lipinski definition) is 2. The first-order valence-electron chi connectivity index (χ1n) is 6.83. The average Bonchev–Trinajstić information content (AvgIpc) is 2.83. The summed E-state index contributed by atoms with van der Waals surface area (Å²) in [5.74, 6) is 1.05. The van der Waals surface area contributed by atoms with Gasteiger partial charge in [-0.05, 0) is 39.3 Å². The highest BCUT2D eigenvalue weighted by Crippen LogP contribution is 2.18. The quantitative estimate of drug-likeness (QED) is 0.786. The van der Waals surface area contributed by atoms with Crippen molar-refractivity contribution in [3.63, 3.8) is 0 Å². The summed E-state index contributed by atoms with van der Waals surface area (Å²) in [6.07, 6.45) is 1.96. The van der Waals surface area contributed by atoms with E-state index in [0.29, 0.717) is 30.5 Å². The molecular formula is C12H22N4O3S. The van der Waals surface area contributed by atoms with E-state index < -0.39 is 10.2 Å². The van der Waals surface area contributed by atoms with Gasteiger partial charge in [-0.25, -0.2) is 0 Å². The maximum Gasteiger partial charge on any atom is 0.279 e.